The van der Waals surface area contributed by atoms with E-state index in [1.807, 2.05) is 25.2 Å². The molecule has 0 aliphatic rings. The van der Waals surface area contributed by atoms with E-state index in [0.717, 1.165) is 24.7 Å². The molecule has 0 atom stereocenters. The Labute approximate surface area is 107 Å². The molecule has 0 saturated heterocycles. The number of methoxy groups -OCH3 is 1. The van der Waals surface area contributed by atoms with Gasteiger partial charge >= 0.3 is 0 Å². The van der Waals surface area contributed by atoms with Crippen LogP contribution in [0.4, 0.5) is 0 Å². The molecule has 0 fully saturated rings. The van der Waals surface area contributed by atoms with E-state index in [2.05, 4.69) is 28.1 Å². The number of aromatic nitrogens is 3. The number of rotatable bonds is 5. The predicted molar refractivity (Wildman–Crippen MR) is 69.2 cm³/mol. The Balaban J connectivity index is 2.03. The lowest BCUT2D eigenvalue weighted by Crippen LogP contribution is -2.20. The van der Waals surface area contributed by atoms with Crippen molar-refractivity contribution in [3.05, 3.63) is 42.0 Å². The zero-order valence-corrected chi connectivity index (χ0v) is 11.0. The molecule has 1 heterocycles. The molecule has 2 aromatic rings. The van der Waals surface area contributed by atoms with Gasteiger partial charge in [-0.1, -0.05) is 18.2 Å². The summed E-state index contributed by atoms with van der Waals surface area (Å²) >= 11 is 0. The van der Waals surface area contributed by atoms with E-state index in [9.17, 15) is 0 Å². The third-order valence-electron chi connectivity index (χ3n) is 2.85. The number of benzene rings is 1. The van der Waals surface area contributed by atoms with E-state index in [1.165, 1.54) is 5.56 Å². The van der Waals surface area contributed by atoms with Crippen LogP contribution in [0.15, 0.2) is 30.6 Å². The molecule has 0 unspecified atom stereocenters. The van der Waals surface area contributed by atoms with Crippen LogP contribution in [0.25, 0.3) is 0 Å². The first-order valence-electron chi connectivity index (χ1n) is 5.84. The van der Waals surface area contributed by atoms with E-state index in [4.69, 9.17) is 4.74 Å². The third-order valence-corrected chi connectivity index (χ3v) is 2.85. The van der Waals surface area contributed by atoms with Gasteiger partial charge in [0.2, 0.25) is 0 Å². The van der Waals surface area contributed by atoms with E-state index in [-0.39, 0.29) is 0 Å². The van der Waals surface area contributed by atoms with Crippen LogP contribution in [0, 0.1) is 0 Å². The molecule has 2 rings (SSSR count). The van der Waals surface area contributed by atoms with Gasteiger partial charge in [0.15, 0.2) is 0 Å². The summed E-state index contributed by atoms with van der Waals surface area (Å²) in [6.07, 6.45) is 1.58. The van der Waals surface area contributed by atoms with Crippen molar-refractivity contribution in [2.75, 3.05) is 14.2 Å². The summed E-state index contributed by atoms with van der Waals surface area (Å²) in [5.41, 5.74) is 1.17. The van der Waals surface area contributed by atoms with Gasteiger partial charge in [0.25, 0.3) is 0 Å². The van der Waals surface area contributed by atoms with Crippen LogP contribution in [0.5, 0.6) is 5.75 Å². The third kappa shape index (κ3) is 2.87. The molecule has 18 heavy (non-hydrogen) atoms. The lowest BCUT2D eigenvalue weighted by molar-refractivity contribution is 0.298. The van der Waals surface area contributed by atoms with Crippen LogP contribution < -0.4 is 4.74 Å². The smallest absolute Gasteiger partial charge is 0.140 e. The number of para-hydroxylation sites is 1. The summed E-state index contributed by atoms with van der Waals surface area (Å²) in [6.45, 7) is 1.57. The van der Waals surface area contributed by atoms with Crippen molar-refractivity contribution in [2.24, 2.45) is 7.05 Å². The maximum atomic E-state index is 5.35. The average Bonchev–Trinajstić information content (AvgIpc) is 2.75. The van der Waals surface area contributed by atoms with Gasteiger partial charge < -0.3 is 4.74 Å². The summed E-state index contributed by atoms with van der Waals surface area (Å²) in [4.78, 5) is 6.40. The van der Waals surface area contributed by atoms with Gasteiger partial charge in [0.05, 0.1) is 13.7 Å². The monoisotopic (exact) mass is 246 g/mol. The predicted octanol–water partition coefficient (Wildman–Crippen LogP) is 1.46. The number of hydrogen-bond acceptors (Lipinski definition) is 4. The Morgan fingerprint density at radius 3 is 2.72 bits per heavy atom. The summed E-state index contributed by atoms with van der Waals surface area (Å²) in [5.74, 6) is 1.87. The van der Waals surface area contributed by atoms with Gasteiger partial charge in [-0.3, -0.25) is 9.58 Å². The van der Waals surface area contributed by atoms with E-state index >= 15 is 0 Å². The number of ether oxygens (including phenoxy) is 1. The van der Waals surface area contributed by atoms with Crippen molar-refractivity contribution in [3.63, 3.8) is 0 Å². The molecule has 0 aliphatic heterocycles. The first kappa shape index (κ1) is 12.6. The minimum atomic E-state index is 0.758. The molecule has 1 aromatic carbocycles. The normalized spacial score (nSPS) is 10.9. The van der Waals surface area contributed by atoms with Gasteiger partial charge in [-0.05, 0) is 13.1 Å². The topological polar surface area (TPSA) is 43.2 Å². The Morgan fingerprint density at radius 2 is 2.06 bits per heavy atom. The second-order valence-corrected chi connectivity index (χ2v) is 4.28. The van der Waals surface area contributed by atoms with Crippen molar-refractivity contribution >= 4 is 0 Å². The van der Waals surface area contributed by atoms with E-state index < -0.39 is 0 Å². The molecule has 5 nitrogen and oxygen atoms in total. The molecule has 96 valence electrons. The van der Waals surface area contributed by atoms with Gasteiger partial charge in [-0.2, -0.15) is 5.10 Å². The molecular weight excluding hydrogens is 228 g/mol. The molecule has 0 spiro atoms. The van der Waals surface area contributed by atoms with Gasteiger partial charge in [-0.25, -0.2) is 4.98 Å². The standard InChI is InChI=1S/C13H18N4O/c1-16(9-13-14-10-15-17(13)2)8-11-6-4-5-7-12(11)18-3/h4-7,10H,8-9H2,1-3H3. The SMILES string of the molecule is COc1ccccc1CN(C)Cc1ncnn1C. The second kappa shape index (κ2) is 5.64. The maximum Gasteiger partial charge on any atom is 0.140 e. The Morgan fingerprint density at radius 1 is 1.28 bits per heavy atom. The molecule has 0 saturated carbocycles. The molecule has 1 aromatic heterocycles. The van der Waals surface area contributed by atoms with Gasteiger partial charge in [0.1, 0.15) is 17.9 Å². The maximum absolute atomic E-state index is 5.35. The van der Waals surface area contributed by atoms with Crippen LogP contribution >= 0.6 is 0 Å². The molecular formula is C13H18N4O. The summed E-state index contributed by atoms with van der Waals surface area (Å²) in [5, 5.41) is 4.06. The largest absolute Gasteiger partial charge is 0.496 e. The fourth-order valence-electron chi connectivity index (χ4n) is 1.88. The fraction of sp³-hybridized carbons (Fsp3) is 0.385. The lowest BCUT2D eigenvalue weighted by atomic mass is 10.2. The van der Waals surface area contributed by atoms with Gasteiger partial charge in [-0.15, -0.1) is 0 Å². The molecule has 0 bridgehead atoms. The summed E-state index contributed by atoms with van der Waals surface area (Å²) < 4.78 is 7.14. The highest BCUT2D eigenvalue weighted by Gasteiger charge is 2.08. The Bertz CT molecular complexity index is 509. The molecule has 0 N–H and O–H groups in total. The van der Waals surface area contributed by atoms with E-state index in [0.29, 0.717) is 0 Å². The highest BCUT2D eigenvalue weighted by Crippen LogP contribution is 2.19. The lowest BCUT2D eigenvalue weighted by Gasteiger charge is -2.17. The minimum Gasteiger partial charge on any atom is -0.496 e. The highest BCUT2D eigenvalue weighted by molar-refractivity contribution is 5.32. The van der Waals surface area contributed by atoms with Crippen LogP contribution in [0.1, 0.15) is 11.4 Å². The zero-order chi connectivity index (χ0) is 13.0. The first-order chi connectivity index (χ1) is 8.70. The van der Waals surface area contributed by atoms with Crippen LogP contribution in [-0.4, -0.2) is 33.8 Å². The zero-order valence-electron chi connectivity index (χ0n) is 11.0. The van der Waals surface area contributed by atoms with Crippen molar-refractivity contribution in [2.45, 2.75) is 13.1 Å². The summed E-state index contributed by atoms with van der Waals surface area (Å²) in [7, 11) is 5.65. The highest BCUT2D eigenvalue weighted by atomic mass is 16.5. The second-order valence-electron chi connectivity index (χ2n) is 4.28. The number of nitrogens with zero attached hydrogens (tertiary/aromatic N) is 4. The molecule has 0 aliphatic carbocycles. The van der Waals surface area contributed by atoms with Crippen LogP contribution in [0.3, 0.4) is 0 Å². The first-order valence-corrected chi connectivity index (χ1v) is 5.84. The van der Waals surface area contributed by atoms with Crippen molar-refractivity contribution in [1.82, 2.24) is 19.7 Å². The summed E-state index contributed by atoms with van der Waals surface area (Å²) in [6, 6.07) is 8.05. The quantitative estimate of drug-likeness (QED) is 0.801. The number of aryl methyl sites for hydroxylation is 1. The number of hydrogen-bond donors (Lipinski definition) is 0. The average molecular weight is 246 g/mol. The van der Waals surface area contributed by atoms with Crippen molar-refractivity contribution < 1.29 is 4.74 Å². The van der Waals surface area contributed by atoms with Crippen LogP contribution in [0.2, 0.25) is 0 Å². The molecule has 0 amide bonds. The fourth-order valence-corrected chi connectivity index (χ4v) is 1.88. The van der Waals surface area contributed by atoms with Gasteiger partial charge in [0, 0.05) is 19.2 Å². The Hall–Kier alpha value is -1.88. The van der Waals surface area contributed by atoms with Crippen LogP contribution in [-0.2, 0) is 20.1 Å². The van der Waals surface area contributed by atoms with Crippen molar-refractivity contribution in [1.29, 1.82) is 0 Å². The Kier molecular flexibility index (Phi) is 3.94. The molecule has 0 radical (unpaired) electrons. The van der Waals surface area contributed by atoms with E-state index in [1.54, 1.807) is 18.1 Å². The molecule has 5 heteroatoms. The van der Waals surface area contributed by atoms with Crippen molar-refractivity contribution in [3.8, 4) is 5.75 Å². The minimum absolute atomic E-state index is 0.758.